The molecule has 0 aliphatic rings. The van der Waals surface area contributed by atoms with Gasteiger partial charge in [0, 0.05) is 5.69 Å². The summed E-state index contributed by atoms with van der Waals surface area (Å²) in [6.07, 6.45) is 0. The van der Waals surface area contributed by atoms with Crippen LogP contribution in [0.1, 0.15) is 26.3 Å². The molecule has 0 fully saturated rings. The lowest BCUT2D eigenvalue weighted by Crippen LogP contribution is -2.10. The number of rotatable bonds is 2. The maximum absolute atomic E-state index is 5.65. The largest absolute Gasteiger partial charge is 0.423 e. The Balaban J connectivity index is 1.84. The zero-order valence-corrected chi connectivity index (χ0v) is 12.0. The summed E-state index contributed by atoms with van der Waals surface area (Å²) in [6.45, 7) is 6.61. The zero-order chi connectivity index (χ0) is 14.2. The molecule has 0 spiro atoms. The van der Waals surface area contributed by atoms with Crippen LogP contribution in [0, 0.1) is 0 Å². The molecule has 0 saturated heterocycles. The van der Waals surface area contributed by atoms with Gasteiger partial charge in [-0.15, -0.1) is 0 Å². The summed E-state index contributed by atoms with van der Waals surface area (Å²) in [4.78, 5) is 4.40. The highest BCUT2D eigenvalue weighted by molar-refractivity contribution is 5.75. The highest BCUT2D eigenvalue weighted by atomic mass is 16.4. The number of oxazole rings is 1. The van der Waals surface area contributed by atoms with Crippen LogP contribution in [-0.2, 0) is 5.41 Å². The lowest BCUT2D eigenvalue weighted by molar-refractivity contribution is 0.590. The zero-order valence-electron chi connectivity index (χ0n) is 12.0. The van der Waals surface area contributed by atoms with Gasteiger partial charge in [-0.1, -0.05) is 45.0 Å². The first-order valence-corrected chi connectivity index (χ1v) is 6.75. The van der Waals surface area contributed by atoms with E-state index in [-0.39, 0.29) is 5.41 Å². The summed E-state index contributed by atoms with van der Waals surface area (Å²) in [5.41, 5.74) is 4.10. The molecule has 3 heteroatoms. The molecule has 0 aliphatic heterocycles. The summed E-state index contributed by atoms with van der Waals surface area (Å²) in [7, 11) is 0. The van der Waals surface area contributed by atoms with Gasteiger partial charge in [0.05, 0.1) is 0 Å². The van der Waals surface area contributed by atoms with Gasteiger partial charge in [-0.05, 0) is 35.2 Å². The monoisotopic (exact) mass is 266 g/mol. The summed E-state index contributed by atoms with van der Waals surface area (Å²) in [5, 5.41) is 3.19. The van der Waals surface area contributed by atoms with E-state index in [1.54, 1.807) is 0 Å². The number of nitrogens with zero attached hydrogens (tertiary/aromatic N) is 1. The number of hydrogen-bond acceptors (Lipinski definition) is 3. The van der Waals surface area contributed by atoms with E-state index in [1.165, 1.54) is 5.56 Å². The van der Waals surface area contributed by atoms with E-state index in [9.17, 15) is 0 Å². The maximum atomic E-state index is 5.65. The first-order chi connectivity index (χ1) is 9.52. The van der Waals surface area contributed by atoms with Crippen molar-refractivity contribution < 1.29 is 4.42 Å². The lowest BCUT2D eigenvalue weighted by Gasteiger charge is -2.19. The van der Waals surface area contributed by atoms with E-state index in [1.807, 2.05) is 24.3 Å². The highest BCUT2D eigenvalue weighted by Crippen LogP contribution is 2.26. The highest BCUT2D eigenvalue weighted by Gasteiger charge is 2.13. The molecule has 1 aromatic heterocycles. The van der Waals surface area contributed by atoms with Crippen LogP contribution in [0.5, 0.6) is 0 Å². The van der Waals surface area contributed by atoms with Crippen molar-refractivity contribution in [2.24, 2.45) is 0 Å². The number of aromatic nitrogens is 1. The first kappa shape index (κ1) is 12.7. The standard InChI is InChI=1S/C17H18N2O/c1-17(2,3)12-8-10-13(11-9-12)18-16-19-14-6-4-5-7-15(14)20-16/h4-11H,1-3H3,(H,18,19). The van der Waals surface area contributed by atoms with Crippen molar-refractivity contribution in [2.45, 2.75) is 26.2 Å². The fourth-order valence-electron chi connectivity index (χ4n) is 2.10. The third kappa shape index (κ3) is 2.52. The molecule has 1 heterocycles. The van der Waals surface area contributed by atoms with Crippen LogP contribution < -0.4 is 5.32 Å². The van der Waals surface area contributed by atoms with Crippen LogP contribution in [0.15, 0.2) is 52.9 Å². The average molecular weight is 266 g/mol. The van der Waals surface area contributed by atoms with Crippen molar-refractivity contribution in [1.82, 2.24) is 4.98 Å². The van der Waals surface area contributed by atoms with E-state index in [2.05, 4.69) is 55.3 Å². The fraction of sp³-hybridized carbons (Fsp3) is 0.235. The molecule has 20 heavy (non-hydrogen) atoms. The Morgan fingerprint density at radius 2 is 1.65 bits per heavy atom. The second-order valence-electron chi connectivity index (χ2n) is 5.94. The van der Waals surface area contributed by atoms with Crippen LogP contribution in [0.2, 0.25) is 0 Å². The average Bonchev–Trinajstić information content (AvgIpc) is 2.80. The maximum Gasteiger partial charge on any atom is 0.300 e. The Morgan fingerprint density at radius 3 is 2.30 bits per heavy atom. The minimum absolute atomic E-state index is 0.163. The molecule has 0 amide bonds. The van der Waals surface area contributed by atoms with E-state index in [0.717, 1.165) is 16.8 Å². The number of para-hydroxylation sites is 2. The second kappa shape index (κ2) is 4.67. The van der Waals surface area contributed by atoms with Gasteiger partial charge in [-0.25, -0.2) is 0 Å². The first-order valence-electron chi connectivity index (χ1n) is 6.75. The van der Waals surface area contributed by atoms with Crippen molar-refractivity contribution in [2.75, 3.05) is 5.32 Å². The molecule has 0 saturated carbocycles. The Morgan fingerprint density at radius 1 is 0.950 bits per heavy atom. The van der Waals surface area contributed by atoms with E-state index in [4.69, 9.17) is 4.42 Å². The molecule has 0 radical (unpaired) electrons. The molecule has 2 aromatic carbocycles. The van der Waals surface area contributed by atoms with Crippen molar-refractivity contribution >= 4 is 22.8 Å². The molecule has 102 valence electrons. The number of anilines is 2. The topological polar surface area (TPSA) is 38.1 Å². The molecule has 0 aliphatic carbocycles. The molecular formula is C17H18N2O. The molecule has 0 bridgehead atoms. The molecular weight excluding hydrogens is 248 g/mol. The lowest BCUT2D eigenvalue weighted by atomic mass is 9.87. The molecule has 1 N–H and O–H groups in total. The number of nitrogens with one attached hydrogen (secondary N) is 1. The quantitative estimate of drug-likeness (QED) is 0.719. The normalized spacial score (nSPS) is 11.8. The molecule has 0 unspecified atom stereocenters. The Bertz CT molecular complexity index is 688. The number of fused-ring (bicyclic) bond motifs is 1. The van der Waals surface area contributed by atoms with Crippen LogP contribution in [0.4, 0.5) is 11.7 Å². The predicted molar refractivity (Wildman–Crippen MR) is 82.4 cm³/mol. The molecule has 0 atom stereocenters. The van der Waals surface area contributed by atoms with E-state index < -0.39 is 0 Å². The number of benzene rings is 2. The smallest absolute Gasteiger partial charge is 0.300 e. The van der Waals surface area contributed by atoms with Crippen LogP contribution in [-0.4, -0.2) is 4.98 Å². The van der Waals surface area contributed by atoms with Crippen molar-refractivity contribution in [3.05, 3.63) is 54.1 Å². The van der Waals surface area contributed by atoms with Crippen LogP contribution in [0.25, 0.3) is 11.1 Å². The molecule has 3 rings (SSSR count). The third-order valence-electron chi connectivity index (χ3n) is 3.30. The van der Waals surface area contributed by atoms with E-state index in [0.29, 0.717) is 6.01 Å². The Kier molecular flexibility index (Phi) is 2.97. The van der Waals surface area contributed by atoms with Crippen molar-refractivity contribution in [3.8, 4) is 0 Å². The van der Waals surface area contributed by atoms with Crippen molar-refractivity contribution in [1.29, 1.82) is 0 Å². The minimum Gasteiger partial charge on any atom is -0.423 e. The van der Waals surface area contributed by atoms with Crippen molar-refractivity contribution in [3.63, 3.8) is 0 Å². The van der Waals surface area contributed by atoms with Gasteiger partial charge in [0.25, 0.3) is 6.01 Å². The molecule has 3 aromatic rings. The van der Waals surface area contributed by atoms with Crippen LogP contribution >= 0.6 is 0 Å². The van der Waals surface area contributed by atoms with Gasteiger partial charge in [-0.2, -0.15) is 4.98 Å². The van der Waals surface area contributed by atoms with E-state index >= 15 is 0 Å². The Hall–Kier alpha value is -2.29. The molecule has 3 nitrogen and oxygen atoms in total. The van der Waals surface area contributed by atoms with Crippen LogP contribution in [0.3, 0.4) is 0 Å². The third-order valence-corrected chi connectivity index (χ3v) is 3.30. The second-order valence-corrected chi connectivity index (χ2v) is 5.94. The van der Waals surface area contributed by atoms with Gasteiger partial charge in [0.2, 0.25) is 0 Å². The minimum atomic E-state index is 0.163. The summed E-state index contributed by atoms with van der Waals surface area (Å²) in [6, 6.07) is 16.6. The number of hydrogen-bond donors (Lipinski definition) is 1. The SMILES string of the molecule is CC(C)(C)c1ccc(Nc2nc3ccccc3o2)cc1. The van der Waals surface area contributed by atoms with Gasteiger partial charge < -0.3 is 9.73 Å². The van der Waals surface area contributed by atoms with Gasteiger partial charge in [-0.3, -0.25) is 0 Å². The predicted octanol–water partition coefficient (Wildman–Crippen LogP) is 4.87. The Labute approximate surface area is 118 Å². The summed E-state index contributed by atoms with van der Waals surface area (Å²) in [5.74, 6) is 0. The van der Waals surface area contributed by atoms with Gasteiger partial charge in [0.15, 0.2) is 5.58 Å². The summed E-state index contributed by atoms with van der Waals surface area (Å²) >= 11 is 0. The van der Waals surface area contributed by atoms with Gasteiger partial charge in [0.1, 0.15) is 5.52 Å². The summed E-state index contributed by atoms with van der Waals surface area (Å²) < 4.78 is 5.65. The fourth-order valence-corrected chi connectivity index (χ4v) is 2.10. The van der Waals surface area contributed by atoms with Gasteiger partial charge >= 0.3 is 0 Å².